The SMILES string of the molecule is Cc1c(-c2ccc[nH]2)n[nH]c(=O)c1C. The van der Waals surface area contributed by atoms with Crippen molar-refractivity contribution >= 4 is 0 Å². The molecule has 0 aliphatic rings. The molecule has 0 atom stereocenters. The Bertz CT molecular complexity index is 497. The largest absolute Gasteiger partial charge is 0.360 e. The van der Waals surface area contributed by atoms with E-state index >= 15 is 0 Å². The molecule has 0 saturated heterocycles. The standard InChI is InChI=1S/C10H11N3O/c1-6-7(2)10(14)13-12-9(6)8-4-3-5-11-8/h3-5,11H,1-2H3,(H,13,14). The molecule has 0 bridgehead atoms. The van der Waals surface area contributed by atoms with Crippen LogP contribution in [0.3, 0.4) is 0 Å². The molecule has 2 heterocycles. The third-order valence-corrected chi connectivity index (χ3v) is 2.38. The molecule has 2 aromatic rings. The maximum atomic E-state index is 11.2. The molecule has 72 valence electrons. The molecule has 0 saturated carbocycles. The number of H-pyrrole nitrogens is 2. The van der Waals surface area contributed by atoms with Gasteiger partial charge in [-0.2, -0.15) is 5.10 Å². The monoisotopic (exact) mass is 189 g/mol. The van der Waals surface area contributed by atoms with E-state index < -0.39 is 0 Å². The zero-order valence-corrected chi connectivity index (χ0v) is 8.09. The Kier molecular flexibility index (Phi) is 1.96. The van der Waals surface area contributed by atoms with Gasteiger partial charge in [0.05, 0.1) is 5.69 Å². The molecule has 0 radical (unpaired) electrons. The van der Waals surface area contributed by atoms with E-state index in [-0.39, 0.29) is 5.56 Å². The van der Waals surface area contributed by atoms with Crippen LogP contribution in [0, 0.1) is 13.8 Å². The van der Waals surface area contributed by atoms with Gasteiger partial charge in [-0.15, -0.1) is 0 Å². The molecule has 0 fully saturated rings. The normalized spacial score (nSPS) is 10.4. The number of aromatic amines is 2. The van der Waals surface area contributed by atoms with Crippen LogP contribution in [-0.2, 0) is 0 Å². The molecular formula is C10H11N3O. The fraction of sp³-hybridized carbons (Fsp3) is 0.200. The quantitative estimate of drug-likeness (QED) is 0.712. The van der Waals surface area contributed by atoms with Gasteiger partial charge < -0.3 is 4.98 Å². The van der Waals surface area contributed by atoms with Crippen molar-refractivity contribution in [1.82, 2.24) is 15.2 Å². The average Bonchev–Trinajstić information content (AvgIpc) is 2.67. The van der Waals surface area contributed by atoms with Crippen LogP contribution in [-0.4, -0.2) is 15.2 Å². The highest BCUT2D eigenvalue weighted by Gasteiger charge is 2.08. The Morgan fingerprint density at radius 3 is 2.71 bits per heavy atom. The second kappa shape index (κ2) is 3.14. The number of nitrogens with one attached hydrogen (secondary N) is 2. The minimum absolute atomic E-state index is 0.127. The lowest BCUT2D eigenvalue weighted by molar-refractivity contribution is 0.954. The van der Waals surface area contributed by atoms with Crippen molar-refractivity contribution in [2.75, 3.05) is 0 Å². The first-order valence-electron chi connectivity index (χ1n) is 4.40. The lowest BCUT2D eigenvalue weighted by Gasteiger charge is -2.03. The summed E-state index contributed by atoms with van der Waals surface area (Å²) in [5.74, 6) is 0. The summed E-state index contributed by atoms with van der Waals surface area (Å²) in [4.78, 5) is 14.3. The van der Waals surface area contributed by atoms with E-state index in [0.717, 1.165) is 17.0 Å². The Balaban J connectivity index is 2.67. The van der Waals surface area contributed by atoms with Gasteiger partial charge in [0.25, 0.3) is 5.56 Å². The zero-order chi connectivity index (χ0) is 10.1. The molecule has 0 spiro atoms. The summed E-state index contributed by atoms with van der Waals surface area (Å²) >= 11 is 0. The molecule has 0 unspecified atom stereocenters. The van der Waals surface area contributed by atoms with Crippen LogP contribution < -0.4 is 5.56 Å². The van der Waals surface area contributed by atoms with E-state index in [9.17, 15) is 4.79 Å². The van der Waals surface area contributed by atoms with E-state index in [2.05, 4.69) is 15.2 Å². The first-order valence-corrected chi connectivity index (χ1v) is 4.40. The van der Waals surface area contributed by atoms with E-state index in [1.165, 1.54) is 0 Å². The molecule has 0 aromatic carbocycles. The summed E-state index contributed by atoms with van der Waals surface area (Å²) in [5, 5.41) is 6.48. The number of hydrogen-bond donors (Lipinski definition) is 2. The molecule has 14 heavy (non-hydrogen) atoms. The summed E-state index contributed by atoms with van der Waals surface area (Å²) in [6.07, 6.45) is 1.83. The lowest BCUT2D eigenvalue weighted by Crippen LogP contribution is -2.14. The lowest BCUT2D eigenvalue weighted by atomic mass is 10.1. The number of rotatable bonds is 1. The predicted octanol–water partition coefficient (Wildman–Crippen LogP) is 1.38. The molecule has 0 aliphatic heterocycles. The second-order valence-electron chi connectivity index (χ2n) is 3.24. The van der Waals surface area contributed by atoms with Crippen LogP contribution in [0.15, 0.2) is 23.1 Å². The molecule has 2 aromatic heterocycles. The summed E-state index contributed by atoms with van der Waals surface area (Å²) in [6.45, 7) is 3.69. The topological polar surface area (TPSA) is 61.5 Å². The van der Waals surface area contributed by atoms with Crippen LogP contribution in [0.1, 0.15) is 11.1 Å². The van der Waals surface area contributed by atoms with E-state index in [1.54, 1.807) is 6.92 Å². The fourth-order valence-electron chi connectivity index (χ4n) is 1.36. The van der Waals surface area contributed by atoms with Crippen molar-refractivity contribution in [1.29, 1.82) is 0 Å². The smallest absolute Gasteiger partial charge is 0.267 e. The Labute approximate surface area is 81.0 Å². The third kappa shape index (κ3) is 1.25. The predicted molar refractivity (Wildman–Crippen MR) is 54.1 cm³/mol. The van der Waals surface area contributed by atoms with Crippen molar-refractivity contribution in [3.63, 3.8) is 0 Å². The maximum Gasteiger partial charge on any atom is 0.267 e. The first-order chi connectivity index (χ1) is 6.70. The Morgan fingerprint density at radius 1 is 1.29 bits per heavy atom. The zero-order valence-electron chi connectivity index (χ0n) is 8.09. The summed E-state index contributed by atoms with van der Waals surface area (Å²) in [5.41, 5.74) is 3.22. The Morgan fingerprint density at radius 2 is 2.07 bits per heavy atom. The molecule has 4 heteroatoms. The van der Waals surface area contributed by atoms with Gasteiger partial charge in [-0.1, -0.05) is 0 Å². The van der Waals surface area contributed by atoms with Crippen LogP contribution in [0.2, 0.25) is 0 Å². The summed E-state index contributed by atoms with van der Waals surface area (Å²) in [6, 6.07) is 3.82. The highest BCUT2D eigenvalue weighted by molar-refractivity contribution is 5.59. The summed E-state index contributed by atoms with van der Waals surface area (Å²) in [7, 11) is 0. The average molecular weight is 189 g/mol. The highest BCUT2D eigenvalue weighted by Crippen LogP contribution is 2.18. The van der Waals surface area contributed by atoms with E-state index in [4.69, 9.17) is 0 Å². The summed E-state index contributed by atoms with van der Waals surface area (Å²) < 4.78 is 0. The van der Waals surface area contributed by atoms with E-state index in [0.29, 0.717) is 5.56 Å². The van der Waals surface area contributed by atoms with Gasteiger partial charge in [0.2, 0.25) is 0 Å². The van der Waals surface area contributed by atoms with Gasteiger partial charge in [0, 0.05) is 11.8 Å². The van der Waals surface area contributed by atoms with Crippen molar-refractivity contribution in [3.05, 3.63) is 39.8 Å². The Hall–Kier alpha value is -1.84. The molecule has 2 rings (SSSR count). The van der Waals surface area contributed by atoms with E-state index in [1.807, 2.05) is 25.3 Å². The molecule has 2 N–H and O–H groups in total. The maximum absolute atomic E-state index is 11.2. The van der Waals surface area contributed by atoms with Gasteiger partial charge in [0.15, 0.2) is 0 Å². The van der Waals surface area contributed by atoms with Gasteiger partial charge in [0.1, 0.15) is 5.69 Å². The highest BCUT2D eigenvalue weighted by atomic mass is 16.1. The van der Waals surface area contributed by atoms with Crippen LogP contribution in [0.4, 0.5) is 0 Å². The van der Waals surface area contributed by atoms with Gasteiger partial charge in [-0.25, -0.2) is 5.10 Å². The number of aromatic nitrogens is 3. The van der Waals surface area contributed by atoms with Crippen molar-refractivity contribution in [2.45, 2.75) is 13.8 Å². The first kappa shape index (κ1) is 8.74. The van der Waals surface area contributed by atoms with Gasteiger partial charge >= 0.3 is 0 Å². The van der Waals surface area contributed by atoms with Gasteiger partial charge in [-0.05, 0) is 31.5 Å². The van der Waals surface area contributed by atoms with Crippen molar-refractivity contribution in [2.24, 2.45) is 0 Å². The molecular weight excluding hydrogens is 178 g/mol. The molecule has 0 aliphatic carbocycles. The minimum atomic E-state index is -0.127. The minimum Gasteiger partial charge on any atom is -0.360 e. The number of hydrogen-bond acceptors (Lipinski definition) is 2. The van der Waals surface area contributed by atoms with Gasteiger partial charge in [-0.3, -0.25) is 4.79 Å². The van der Waals surface area contributed by atoms with Crippen molar-refractivity contribution in [3.8, 4) is 11.4 Å². The second-order valence-corrected chi connectivity index (χ2v) is 3.24. The fourth-order valence-corrected chi connectivity index (χ4v) is 1.36. The van der Waals surface area contributed by atoms with Crippen molar-refractivity contribution < 1.29 is 0 Å². The van der Waals surface area contributed by atoms with Crippen LogP contribution in [0.5, 0.6) is 0 Å². The molecule has 4 nitrogen and oxygen atoms in total. The third-order valence-electron chi connectivity index (χ3n) is 2.38. The molecule has 0 amide bonds. The number of nitrogens with zero attached hydrogens (tertiary/aromatic N) is 1. The van der Waals surface area contributed by atoms with Crippen LogP contribution in [0.25, 0.3) is 11.4 Å². The van der Waals surface area contributed by atoms with Crippen LogP contribution >= 0.6 is 0 Å².